The molecule has 1 aromatic heterocycles. The van der Waals surface area contributed by atoms with Crippen LogP contribution in [0.2, 0.25) is 0 Å². The first kappa shape index (κ1) is 53.9. The van der Waals surface area contributed by atoms with Crippen molar-refractivity contribution in [1.82, 2.24) is 9.88 Å². The highest BCUT2D eigenvalue weighted by Gasteiger charge is 2.15. The molecule has 7 nitrogen and oxygen atoms in total. The Morgan fingerprint density at radius 2 is 0.897 bits per heavy atom. The van der Waals surface area contributed by atoms with Gasteiger partial charge >= 0.3 is 11.9 Å². The molecule has 0 aliphatic carbocycles. The minimum Gasteiger partial charge on any atom is -0.465 e. The molecule has 0 spiro atoms. The Labute approximate surface area is 359 Å². The summed E-state index contributed by atoms with van der Waals surface area (Å²) in [5.74, 6) is 1.54. The number of rotatable bonds is 43. The van der Waals surface area contributed by atoms with Crippen molar-refractivity contribution < 1.29 is 19.1 Å². The van der Waals surface area contributed by atoms with Gasteiger partial charge in [-0.3, -0.25) is 9.59 Å². The van der Waals surface area contributed by atoms with Crippen molar-refractivity contribution >= 4 is 17.8 Å². The summed E-state index contributed by atoms with van der Waals surface area (Å²) in [5, 5.41) is 0. The van der Waals surface area contributed by atoms with E-state index in [-0.39, 0.29) is 11.9 Å². The van der Waals surface area contributed by atoms with E-state index in [4.69, 9.17) is 15.2 Å². The van der Waals surface area contributed by atoms with Gasteiger partial charge in [-0.15, -0.1) is 0 Å². The molecular weight excluding hydrogens is 719 g/mol. The van der Waals surface area contributed by atoms with Gasteiger partial charge in [0.15, 0.2) is 0 Å². The number of esters is 2. The van der Waals surface area contributed by atoms with E-state index in [1.54, 1.807) is 0 Å². The van der Waals surface area contributed by atoms with Gasteiger partial charge in [0.1, 0.15) is 5.82 Å². The molecule has 7 heteroatoms. The molecule has 2 N–H and O–H groups in total. The van der Waals surface area contributed by atoms with E-state index in [0.717, 1.165) is 64.6 Å². The fourth-order valence-corrected chi connectivity index (χ4v) is 8.10. The third-order valence-corrected chi connectivity index (χ3v) is 12.1. The number of carbonyl (C=O) groups excluding carboxylic acids is 2. The number of nitrogens with zero attached hydrogens (tertiary/aromatic N) is 2. The molecule has 0 saturated heterocycles. The number of hydrogen-bond acceptors (Lipinski definition) is 7. The Balaban J connectivity index is 2.45. The zero-order chi connectivity index (χ0) is 42.2. The summed E-state index contributed by atoms with van der Waals surface area (Å²) in [6, 6.07) is 3.95. The first-order valence-electron chi connectivity index (χ1n) is 25.2. The van der Waals surface area contributed by atoms with Crippen molar-refractivity contribution in [1.29, 1.82) is 0 Å². The van der Waals surface area contributed by atoms with Crippen LogP contribution >= 0.6 is 0 Å². The van der Waals surface area contributed by atoms with Gasteiger partial charge in [-0.1, -0.05) is 175 Å². The lowest BCUT2D eigenvalue weighted by molar-refractivity contribution is -0.146. The maximum atomic E-state index is 12.7. The van der Waals surface area contributed by atoms with Gasteiger partial charge in [0.25, 0.3) is 0 Å². The number of nitrogen functional groups attached to an aromatic ring is 1. The van der Waals surface area contributed by atoms with E-state index >= 15 is 0 Å². The Morgan fingerprint density at radius 1 is 0.517 bits per heavy atom. The van der Waals surface area contributed by atoms with Crippen LogP contribution in [0, 0.1) is 11.8 Å². The average Bonchev–Trinajstić information content (AvgIpc) is 3.22. The predicted octanol–water partition coefficient (Wildman–Crippen LogP) is 14.4. The average molecular weight is 814 g/mol. The lowest BCUT2D eigenvalue weighted by Crippen LogP contribution is -2.28. The summed E-state index contributed by atoms with van der Waals surface area (Å²) in [5.41, 5.74) is 7.03. The fourth-order valence-electron chi connectivity index (χ4n) is 8.10. The third kappa shape index (κ3) is 33.7. The smallest absolute Gasteiger partial charge is 0.305 e. The molecule has 58 heavy (non-hydrogen) atoms. The summed E-state index contributed by atoms with van der Waals surface area (Å²) >= 11 is 0. The topological polar surface area (TPSA) is 94.8 Å². The summed E-state index contributed by atoms with van der Waals surface area (Å²) in [6.45, 7) is 13.2. The Morgan fingerprint density at radius 3 is 1.29 bits per heavy atom. The normalized spacial score (nSPS) is 12.6. The van der Waals surface area contributed by atoms with Crippen molar-refractivity contribution in [2.24, 2.45) is 11.8 Å². The molecule has 0 bridgehead atoms. The molecule has 0 fully saturated rings. The Hall–Kier alpha value is -2.15. The molecule has 338 valence electrons. The summed E-state index contributed by atoms with van der Waals surface area (Å²) in [6.07, 6.45) is 40.5. The number of anilines is 1. The molecule has 0 saturated carbocycles. The minimum atomic E-state index is -0.0203. The number of pyridine rings is 1. The lowest BCUT2D eigenvalue weighted by atomic mass is 9.95. The standard InChI is InChI=1S/C51H95N3O4/c1-5-9-13-17-19-25-33-47(31-23-15-11-7-3)44-57-50(55)35-27-21-29-40-54(42-39-46-37-38-49(52)53-43-46)41-30-22-28-36-51(56)58-45-48(32-24-16-12-8-4)34-26-20-18-14-10-6-2/h37-38,43,47-48H,5-36,39-42,44-45H2,1-4H3,(H2,52,53). The third-order valence-electron chi connectivity index (χ3n) is 12.1. The van der Waals surface area contributed by atoms with Crippen molar-refractivity contribution in [2.75, 3.05) is 38.6 Å². The second-order valence-corrected chi connectivity index (χ2v) is 17.7. The molecule has 2 unspecified atom stereocenters. The van der Waals surface area contributed by atoms with Gasteiger partial charge in [0, 0.05) is 25.6 Å². The van der Waals surface area contributed by atoms with E-state index in [1.165, 1.54) is 160 Å². The van der Waals surface area contributed by atoms with Crippen LogP contribution in [0.1, 0.15) is 239 Å². The van der Waals surface area contributed by atoms with E-state index in [9.17, 15) is 9.59 Å². The van der Waals surface area contributed by atoms with Crippen LogP contribution in [-0.2, 0) is 25.5 Å². The second kappa shape index (κ2) is 40.3. The number of unbranched alkanes of at least 4 members (excludes halogenated alkanes) is 20. The van der Waals surface area contributed by atoms with Crippen LogP contribution in [0.3, 0.4) is 0 Å². The Bertz CT molecular complexity index is 993. The van der Waals surface area contributed by atoms with Gasteiger partial charge in [0.05, 0.1) is 13.2 Å². The Kier molecular flexibility index (Phi) is 37.4. The first-order chi connectivity index (χ1) is 28.4. The maximum Gasteiger partial charge on any atom is 0.305 e. The van der Waals surface area contributed by atoms with Crippen LogP contribution in [0.5, 0.6) is 0 Å². The van der Waals surface area contributed by atoms with Crippen LogP contribution in [0.4, 0.5) is 5.82 Å². The van der Waals surface area contributed by atoms with Crippen molar-refractivity contribution in [2.45, 2.75) is 240 Å². The van der Waals surface area contributed by atoms with Crippen molar-refractivity contribution in [3.8, 4) is 0 Å². The van der Waals surface area contributed by atoms with Crippen molar-refractivity contribution in [3.63, 3.8) is 0 Å². The fraction of sp³-hybridized carbons (Fsp3) is 0.863. The number of hydrogen-bond donors (Lipinski definition) is 1. The largest absolute Gasteiger partial charge is 0.465 e. The molecule has 0 aliphatic heterocycles. The van der Waals surface area contributed by atoms with Crippen LogP contribution in [0.15, 0.2) is 18.3 Å². The van der Waals surface area contributed by atoms with Gasteiger partial charge < -0.3 is 20.1 Å². The molecule has 1 heterocycles. The molecule has 1 aromatic rings. The van der Waals surface area contributed by atoms with Gasteiger partial charge in [-0.25, -0.2) is 4.98 Å². The van der Waals surface area contributed by atoms with Gasteiger partial charge in [-0.2, -0.15) is 0 Å². The first-order valence-corrected chi connectivity index (χ1v) is 25.2. The highest BCUT2D eigenvalue weighted by Crippen LogP contribution is 2.22. The van der Waals surface area contributed by atoms with Crippen LogP contribution < -0.4 is 5.73 Å². The predicted molar refractivity (Wildman–Crippen MR) is 248 cm³/mol. The molecule has 0 amide bonds. The van der Waals surface area contributed by atoms with E-state index in [0.29, 0.717) is 43.7 Å². The molecule has 0 aromatic carbocycles. The summed E-state index contributed by atoms with van der Waals surface area (Å²) < 4.78 is 11.7. The minimum absolute atomic E-state index is 0.0203. The highest BCUT2D eigenvalue weighted by molar-refractivity contribution is 5.69. The van der Waals surface area contributed by atoms with E-state index < -0.39 is 0 Å². The number of aromatic nitrogens is 1. The van der Waals surface area contributed by atoms with Crippen molar-refractivity contribution in [3.05, 3.63) is 23.9 Å². The molecular formula is C51H95N3O4. The molecule has 0 aliphatic rings. The zero-order valence-electron chi connectivity index (χ0n) is 38.9. The van der Waals surface area contributed by atoms with Gasteiger partial charge in [-0.05, 0) is 94.3 Å². The quantitative estimate of drug-likeness (QED) is 0.0518. The number of nitrogens with two attached hydrogens (primary N) is 1. The number of ether oxygens (including phenoxy) is 2. The zero-order valence-corrected chi connectivity index (χ0v) is 38.9. The second-order valence-electron chi connectivity index (χ2n) is 17.7. The number of carbonyl (C=O) groups is 2. The molecule has 2 atom stereocenters. The monoisotopic (exact) mass is 814 g/mol. The van der Waals surface area contributed by atoms with Crippen LogP contribution in [-0.4, -0.2) is 54.7 Å². The summed E-state index contributed by atoms with van der Waals surface area (Å²) in [7, 11) is 0. The van der Waals surface area contributed by atoms with Crippen LogP contribution in [0.25, 0.3) is 0 Å². The lowest BCUT2D eigenvalue weighted by Gasteiger charge is -2.22. The van der Waals surface area contributed by atoms with E-state index in [1.807, 2.05) is 12.3 Å². The molecule has 1 rings (SSSR count). The maximum absolute atomic E-state index is 12.7. The van der Waals surface area contributed by atoms with E-state index in [2.05, 4.69) is 43.6 Å². The molecule has 0 radical (unpaired) electrons. The van der Waals surface area contributed by atoms with Gasteiger partial charge in [0.2, 0.25) is 0 Å². The summed E-state index contributed by atoms with van der Waals surface area (Å²) in [4.78, 5) is 32.3. The highest BCUT2D eigenvalue weighted by atomic mass is 16.5. The SMILES string of the molecule is CCCCCCCCC(CCCCCC)COC(=O)CCCCCN(CCCCCC(=O)OCC(CCCCCC)CCCCCCCC)CCc1ccc(N)nc1.